The second kappa shape index (κ2) is 2.79. The molecule has 0 unspecified atom stereocenters. The van der Waals surface area contributed by atoms with E-state index in [4.69, 9.17) is 0 Å². The van der Waals surface area contributed by atoms with E-state index in [1.165, 1.54) is 22.9 Å². The van der Waals surface area contributed by atoms with Crippen molar-refractivity contribution in [2.24, 2.45) is 0 Å². The predicted octanol–water partition coefficient (Wildman–Crippen LogP) is 2.36. The highest BCUT2D eigenvalue weighted by Gasteiger charge is 2.26. The van der Waals surface area contributed by atoms with Gasteiger partial charge in [0.1, 0.15) is 5.69 Å². The van der Waals surface area contributed by atoms with Gasteiger partial charge in [-0.1, -0.05) is 12.1 Å². The summed E-state index contributed by atoms with van der Waals surface area (Å²) in [7, 11) is 4.55. The number of thioether (sulfide) groups is 1. The Bertz CT molecular complexity index is 294. The summed E-state index contributed by atoms with van der Waals surface area (Å²) in [5.74, 6) is 1.24. The summed E-state index contributed by atoms with van der Waals surface area (Å²) in [6.45, 7) is 1.24. The Hall–Kier alpha value is -0.470. The third-order valence-electron chi connectivity index (χ3n) is 2.43. The number of quaternary nitrogens is 1. The zero-order valence-electron chi connectivity index (χ0n) is 7.58. The lowest BCUT2D eigenvalue weighted by Crippen LogP contribution is -2.44. The third-order valence-corrected chi connectivity index (χ3v) is 3.47. The molecule has 64 valence electrons. The molecule has 0 saturated heterocycles. The maximum absolute atomic E-state index is 2.28. The minimum absolute atomic E-state index is 1.03. The molecule has 0 atom stereocenters. The monoisotopic (exact) mass is 180 g/mol. The number of hydrogen-bond acceptors (Lipinski definition) is 1. The molecule has 12 heavy (non-hydrogen) atoms. The minimum atomic E-state index is 1.03. The molecule has 0 saturated carbocycles. The molecule has 0 radical (unpaired) electrons. The van der Waals surface area contributed by atoms with Gasteiger partial charge in [-0.15, -0.1) is 11.8 Å². The van der Waals surface area contributed by atoms with Crippen molar-refractivity contribution in [2.75, 3.05) is 26.4 Å². The molecule has 2 rings (SSSR count). The SMILES string of the molecule is C[N+]1(C)CCSc2ccccc21. The lowest BCUT2D eigenvalue weighted by atomic mass is 10.2. The summed E-state index contributed by atoms with van der Waals surface area (Å²) >= 11 is 1.98. The van der Waals surface area contributed by atoms with Crippen LogP contribution in [0, 0.1) is 0 Å². The molecule has 1 aliphatic heterocycles. The van der Waals surface area contributed by atoms with Crippen LogP contribution < -0.4 is 4.48 Å². The Morgan fingerprint density at radius 3 is 2.75 bits per heavy atom. The molecule has 0 spiro atoms. The summed E-state index contributed by atoms with van der Waals surface area (Å²) in [4.78, 5) is 1.45. The molecule has 0 aliphatic carbocycles. The van der Waals surface area contributed by atoms with E-state index in [-0.39, 0.29) is 0 Å². The normalized spacial score (nSPS) is 20.2. The van der Waals surface area contributed by atoms with E-state index in [0.717, 1.165) is 4.48 Å². The fourth-order valence-corrected chi connectivity index (χ4v) is 2.99. The number of para-hydroxylation sites is 1. The lowest BCUT2D eigenvalue weighted by molar-refractivity contribution is 0.412. The van der Waals surface area contributed by atoms with Gasteiger partial charge in [0.25, 0.3) is 0 Å². The molecule has 0 amide bonds. The summed E-state index contributed by atoms with van der Waals surface area (Å²) in [5.41, 5.74) is 1.47. The number of nitrogens with zero attached hydrogens (tertiary/aromatic N) is 1. The van der Waals surface area contributed by atoms with Crippen LogP contribution in [0.25, 0.3) is 0 Å². The molecule has 1 nitrogen and oxygen atoms in total. The van der Waals surface area contributed by atoms with Crippen molar-refractivity contribution in [3.63, 3.8) is 0 Å². The van der Waals surface area contributed by atoms with Crippen LogP contribution in [-0.4, -0.2) is 26.4 Å². The van der Waals surface area contributed by atoms with E-state index in [0.29, 0.717) is 0 Å². The van der Waals surface area contributed by atoms with Crippen LogP contribution in [0.1, 0.15) is 0 Å². The van der Waals surface area contributed by atoms with Crippen molar-refractivity contribution in [3.8, 4) is 0 Å². The van der Waals surface area contributed by atoms with Gasteiger partial charge in [0, 0.05) is 11.8 Å². The summed E-state index contributed by atoms with van der Waals surface area (Å²) < 4.78 is 1.03. The molecule has 0 bridgehead atoms. The standard InChI is InChI=1S/C10H14NS/c1-11(2)7-8-12-10-6-4-3-5-9(10)11/h3-6H,7-8H2,1-2H3/q+1. The van der Waals surface area contributed by atoms with Crippen LogP contribution in [0.3, 0.4) is 0 Å². The molecule has 1 aromatic carbocycles. The highest BCUT2D eigenvalue weighted by atomic mass is 32.2. The van der Waals surface area contributed by atoms with Crippen LogP contribution >= 0.6 is 11.8 Å². The molecule has 1 heterocycles. The van der Waals surface area contributed by atoms with Gasteiger partial charge >= 0.3 is 0 Å². The Morgan fingerprint density at radius 1 is 1.25 bits per heavy atom. The van der Waals surface area contributed by atoms with Crippen LogP contribution in [0.15, 0.2) is 29.2 Å². The Balaban J connectivity index is 2.52. The highest BCUT2D eigenvalue weighted by Crippen LogP contribution is 2.36. The van der Waals surface area contributed by atoms with Gasteiger partial charge in [0.2, 0.25) is 0 Å². The maximum Gasteiger partial charge on any atom is 0.146 e. The fraction of sp³-hybridized carbons (Fsp3) is 0.400. The van der Waals surface area contributed by atoms with E-state index in [9.17, 15) is 0 Å². The summed E-state index contributed by atoms with van der Waals surface area (Å²) in [6.07, 6.45) is 0. The molecular formula is C10H14NS+. The van der Waals surface area contributed by atoms with Gasteiger partial charge in [-0.2, -0.15) is 0 Å². The first kappa shape index (κ1) is 8.14. The van der Waals surface area contributed by atoms with Crippen molar-refractivity contribution >= 4 is 17.4 Å². The number of benzene rings is 1. The van der Waals surface area contributed by atoms with Crippen LogP contribution in [-0.2, 0) is 0 Å². The summed E-state index contributed by atoms with van der Waals surface area (Å²) in [6, 6.07) is 8.71. The number of rotatable bonds is 0. The molecule has 0 aromatic heterocycles. The minimum Gasteiger partial charge on any atom is -0.294 e. The predicted molar refractivity (Wildman–Crippen MR) is 55.7 cm³/mol. The first-order valence-corrected chi connectivity index (χ1v) is 5.24. The van der Waals surface area contributed by atoms with Crippen LogP contribution in [0.4, 0.5) is 5.69 Å². The molecule has 0 fully saturated rings. The molecule has 1 aromatic rings. The largest absolute Gasteiger partial charge is 0.294 e. The maximum atomic E-state index is 2.28. The molecular weight excluding hydrogens is 166 g/mol. The van der Waals surface area contributed by atoms with Gasteiger partial charge in [0.05, 0.1) is 25.5 Å². The van der Waals surface area contributed by atoms with Crippen molar-refractivity contribution in [3.05, 3.63) is 24.3 Å². The van der Waals surface area contributed by atoms with Crippen LogP contribution in [0.2, 0.25) is 0 Å². The van der Waals surface area contributed by atoms with Crippen molar-refractivity contribution < 1.29 is 0 Å². The van der Waals surface area contributed by atoms with Gasteiger partial charge in [-0.3, -0.25) is 4.48 Å². The quantitative estimate of drug-likeness (QED) is 0.552. The highest BCUT2D eigenvalue weighted by molar-refractivity contribution is 7.99. The Kier molecular flexibility index (Phi) is 1.89. The van der Waals surface area contributed by atoms with Crippen molar-refractivity contribution in [2.45, 2.75) is 4.90 Å². The van der Waals surface area contributed by atoms with Crippen molar-refractivity contribution in [1.82, 2.24) is 4.48 Å². The van der Waals surface area contributed by atoms with E-state index >= 15 is 0 Å². The third kappa shape index (κ3) is 1.25. The number of fused-ring (bicyclic) bond motifs is 1. The molecule has 1 aliphatic rings. The van der Waals surface area contributed by atoms with E-state index in [1.54, 1.807) is 0 Å². The lowest BCUT2D eigenvalue weighted by Gasteiger charge is -2.34. The van der Waals surface area contributed by atoms with Gasteiger partial charge in [0.15, 0.2) is 0 Å². The van der Waals surface area contributed by atoms with E-state index in [2.05, 4.69) is 38.4 Å². The van der Waals surface area contributed by atoms with Gasteiger partial charge in [-0.25, -0.2) is 0 Å². The second-order valence-corrected chi connectivity index (χ2v) is 4.86. The summed E-state index contributed by atoms with van der Waals surface area (Å²) in [5, 5.41) is 0. The van der Waals surface area contributed by atoms with E-state index in [1.807, 2.05) is 11.8 Å². The smallest absolute Gasteiger partial charge is 0.146 e. The van der Waals surface area contributed by atoms with Crippen molar-refractivity contribution in [1.29, 1.82) is 0 Å². The first-order chi connectivity index (χ1) is 5.70. The average molecular weight is 180 g/mol. The fourth-order valence-electron chi connectivity index (χ4n) is 1.58. The zero-order chi connectivity index (χ0) is 8.60. The first-order valence-electron chi connectivity index (χ1n) is 4.25. The van der Waals surface area contributed by atoms with Gasteiger partial charge < -0.3 is 0 Å². The zero-order valence-corrected chi connectivity index (χ0v) is 8.40. The van der Waals surface area contributed by atoms with Gasteiger partial charge in [-0.05, 0) is 6.07 Å². The second-order valence-electron chi connectivity index (χ2n) is 3.72. The number of hydrogen-bond donors (Lipinski definition) is 0. The van der Waals surface area contributed by atoms with E-state index < -0.39 is 0 Å². The topological polar surface area (TPSA) is 0 Å². The molecule has 0 N–H and O–H groups in total. The molecule has 2 heteroatoms. The Labute approximate surface area is 78.0 Å². The Morgan fingerprint density at radius 2 is 2.00 bits per heavy atom. The van der Waals surface area contributed by atoms with Crippen LogP contribution in [0.5, 0.6) is 0 Å². The average Bonchev–Trinajstić information content (AvgIpc) is 2.04.